The minimum absolute atomic E-state index is 0.0775. The predicted molar refractivity (Wildman–Crippen MR) is 83.7 cm³/mol. The molecular formula is C17H28N2O. The van der Waals surface area contributed by atoms with Crippen molar-refractivity contribution >= 4 is 0 Å². The summed E-state index contributed by atoms with van der Waals surface area (Å²) in [5.41, 5.74) is 2.68. The lowest BCUT2D eigenvalue weighted by atomic mass is 10.1. The van der Waals surface area contributed by atoms with E-state index in [0.717, 1.165) is 19.2 Å². The maximum atomic E-state index is 5.84. The Morgan fingerprint density at radius 2 is 1.75 bits per heavy atom. The molecular weight excluding hydrogens is 248 g/mol. The lowest BCUT2D eigenvalue weighted by Crippen LogP contribution is -2.42. The molecule has 1 saturated carbocycles. The van der Waals surface area contributed by atoms with Gasteiger partial charge in [-0.25, -0.2) is 0 Å². The van der Waals surface area contributed by atoms with Crippen LogP contribution >= 0.6 is 0 Å². The van der Waals surface area contributed by atoms with Gasteiger partial charge in [0.2, 0.25) is 0 Å². The fraction of sp³-hybridized carbons (Fsp3) is 0.647. The fourth-order valence-corrected chi connectivity index (χ4v) is 1.85. The molecule has 0 radical (unpaired) electrons. The number of ether oxygens (including phenoxy) is 1. The number of likely N-dealkylation sites (N-methyl/N-ethyl adjacent to an activating group) is 1. The highest BCUT2D eigenvalue weighted by Gasteiger charge is 2.21. The molecule has 0 spiro atoms. The second kappa shape index (κ2) is 6.70. The van der Waals surface area contributed by atoms with E-state index < -0.39 is 0 Å². The van der Waals surface area contributed by atoms with E-state index in [1.54, 1.807) is 0 Å². The van der Waals surface area contributed by atoms with E-state index in [-0.39, 0.29) is 5.54 Å². The molecule has 1 aliphatic carbocycles. The summed E-state index contributed by atoms with van der Waals surface area (Å²) in [5, 5.41) is 3.53. The van der Waals surface area contributed by atoms with Crippen molar-refractivity contribution in [3.05, 3.63) is 35.4 Å². The molecule has 0 heterocycles. The van der Waals surface area contributed by atoms with Gasteiger partial charge in [0.1, 0.15) is 0 Å². The Labute approximate surface area is 123 Å². The molecule has 0 aromatic heterocycles. The maximum absolute atomic E-state index is 5.84. The quantitative estimate of drug-likeness (QED) is 0.790. The van der Waals surface area contributed by atoms with E-state index in [0.29, 0.717) is 6.61 Å². The molecule has 20 heavy (non-hydrogen) atoms. The Bertz CT molecular complexity index is 408. The molecule has 112 valence electrons. The average molecular weight is 276 g/mol. The number of hydrogen-bond acceptors (Lipinski definition) is 3. The lowest BCUT2D eigenvalue weighted by molar-refractivity contribution is 0.0275. The zero-order chi connectivity index (χ0) is 14.6. The third-order valence-corrected chi connectivity index (χ3v) is 4.13. The van der Waals surface area contributed by atoms with Crippen molar-refractivity contribution in [1.29, 1.82) is 0 Å². The van der Waals surface area contributed by atoms with Crippen LogP contribution in [0.4, 0.5) is 0 Å². The summed E-state index contributed by atoms with van der Waals surface area (Å²) in [6.45, 7) is 6.80. The largest absolute Gasteiger partial charge is 0.375 e. The molecule has 0 amide bonds. The molecule has 0 unspecified atom stereocenters. The summed E-state index contributed by atoms with van der Waals surface area (Å²) >= 11 is 0. The summed E-state index contributed by atoms with van der Waals surface area (Å²) in [5.74, 6) is 0. The van der Waals surface area contributed by atoms with Gasteiger partial charge in [0.05, 0.1) is 13.2 Å². The molecule has 1 N–H and O–H groups in total. The highest BCUT2D eigenvalue weighted by Crippen LogP contribution is 2.19. The summed E-state index contributed by atoms with van der Waals surface area (Å²) in [4.78, 5) is 2.19. The van der Waals surface area contributed by atoms with Crippen LogP contribution in [-0.4, -0.2) is 37.2 Å². The van der Waals surface area contributed by atoms with Crippen molar-refractivity contribution < 1.29 is 4.74 Å². The van der Waals surface area contributed by atoms with Crippen LogP contribution in [0.3, 0.4) is 0 Å². The number of hydrogen-bond donors (Lipinski definition) is 1. The first-order chi connectivity index (χ1) is 9.47. The van der Waals surface area contributed by atoms with E-state index >= 15 is 0 Å². The van der Waals surface area contributed by atoms with Gasteiger partial charge in [-0.1, -0.05) is 24.3 Å². The zero-order valence-corrected chi connectivity index (χ0v) is 13.3. The molecule has 0 atom stereocenters. The van der Waals surface area contributed by atoms with Gasteiger partial charge in [0, 0.05) is 18.1 Å². The van der Waals surface area contributed by atoms with Crippen LogP contribution < -0.4 is 5.32 Å². The van der Waals surface area contributed by atoms with E-state index in [2.05, 4.69) is 62.4 Å². The molecule has 1 aromatic rings. The summed E-state index contributed by atoms with van der Waals surface area (Å²) in [6, 6.07) is 9.52. The molecule has 1 fully saturated rings. The third-order valence-electron chi connectivity index (χ3n) is 4.13. The van der Waals surface area contributed by atoms with Gasteiger partial charge in [-0.3, -0.25) is 0 Å². The van der Waals surface area contributed by atoms with Gasteiger partial charge >= 0.3 is 0 Å². The van der Waals surface area contributed by atoms with Crippen LogP contribution in [0.1, 0.15) is 37.8 Å². The van der Waals surface area contributed by atoms with E-state index in [1.807, 2.05) is 0 Å². The third kappa shape index (κ3) is 4.89. The first kappa shape index (κ1) is 15.5. The van der Waals surface area contributed by atoms with Crippen LogP contribution in [0.5, 0.6) is 0 Å². The monoisotopic (exact) mass is 276 g/mol. The molecule has 1 aliphatic rings. The lowest BCUT2D eigenvalue weighted by Gasteiger charge is -2.32. The van der Waals surface area contributed by atoms with Gasteiger partial charge in [0.15, 0.2) is 0 Å². The van der Waals surface area contributed by atoms with Gasteiger partial charge in [-0.05, 0) is 51.9 Å². The Kier molecular flexibility index (Phi) is 5.19. The topological polar surface area (TPSA) is 24.5 Å². The minimum atomic E-state index is 0.0775. The van der Waals surface area contributed by atoms with Crippen molar-refractivity contribution in [3.63, 3.8) is 0 Å². The standard InChI is InChI=1S/C17H28N2O/c1-17(2,19(3)4)13-20-12-15-7-5-14(6-8-15)11-18-16-9-10-16/h5-8,16,18H,9-13H2,1-4H3. The van der Waals surface area contributed by atoms with Crippen LogP contribution in [-0.2, 0) is 17.9 Å². The van der Waals surface area contributed by atoms with Gasteiger partial charge in [-0.15, -0.1) is 0 Å². The number of nitrogens with zero attached hydrogens (tertiary/aromatic N) is 1. The summed E-state index contributed by atoms with van der Waals surface area (Å²) in [7, 11) is 4.18. The van der Waals surface area contributed by atoms with Gasteiger partial charge < -0.3 is 15.0 Å². The number of nitrogens with one attached hydrogen (secondary N) is 1. The zero-order valence-electron chi connectivity index (χ0n) is 13.3. The smallest absolute Gasteiger partial charge is 0.0717 e. The summed E-state index contributed by atoms with van der Waals surface area (Å²) in [6.07, 6.45) is 2.68. The molecule has 0 saturated heterocycles. The SMILES string of the molecule is CN(C)C(C)(C)COCc1ccc(CNC2CC2)cc1. The first-order valence-electron chi connectivity index (χ1n) is 7.54. The number of rotatable bonds is 8. The highest BCUT2D eigenvalue weighted by molar-refractivity contribution is 5.22. The first-order valence-corrected chi connectivity index (χ1v) is 7.54. The van der Waals surface area contributed by atoms with E-state index in [4.69, 9.17) is 4.74 Å². The molecule has 0 aliphatic heterocycles. The number of benzene rings is 1. The van der Waals surface area contributed by atoms with Crippen LogP contribution in [0.2, 0.25) is 0 Å². The van der Waals surface area contributed by atoms with E-state index in [1.165, 1.54) is 24.0 Å². The Morgan fingerprint density at radius 1 is 1.15 bits per heavy atom. The van der Waals surface area contributed by atoms with Crippen molar-refractivity contribution in [2.45, 2.75) is 51.4 Å². The second-order valence-corrected chi connectivity index (χ2v) is 6.67. The summed E-state index contributed by atoms with van der Waals surface area (Å²) < 4.78 is 5.84. The Hall–Kier alpha value is -0.900. The van der Waals surface area contributed by atoms with Crippen molar-refractivity contribution in [2.75, 3.05) is 20.7 Å². The maximum Gasteiger partial charge on any atom is 0.0717 e. The van der Waals surface area contributed by atoms with Crippen LogP contribution in [0.15, 0.2) is 24.3 Å². The van der Waals surface area contributed by atoms with Crippen molar-refractivity contribution in [2.24, 2.45) is 0 Å². The fourth-order valence-electron chi connectivity index (χ4n) is 1.85. The normalized spacial score (nSPS) is 15.8. The minimum Gasteiger partial charge on any atom is -0.375 e. The Morgan fingerprint density at radius 3 is 2.30 bits per heavy atom. The molecule has 3 heteroatoms. The second-order valence-electron chi connectivity index (χ2n) is 6.67. The average Bonchev–Trinajstić information content (AvgIpc) is 3.21. The van der Waals surface area contributed by atoms with Crippen molar-refractivity contribution in [3.8, 4) is 0 Å². The molecule has 3 nitrogen and oxygen atoms in total. The highest BCUT2D eigenvalue weighted by atomic mass is 16.5. The van der Waals surface area contributed by atoms with E-state index in [9.17, 15) is 0 Å². The van der Waals surface area contributed by atoms with Crippen molar-refractivity contribution in [1.82, 2.24) is 10.2 Å². The van der Waals surface area contributed by atoms with Crippen LogP contribution in [0.25, 0.3) is 0 Å². The van der Waals surface area contributed by atoms with Crippen LogP contribution in [0, 0.1) is 0 Å². The molecule has 2 rings (SSSR count). The molecule has 1 aromatic carbocycles. The Balaban J connectivity index is 1.72. The van der Waals surface area contributed by atoms with Gasteiger partial charge in [0.25, 0.3) is 0 Å². The van der Waals surface area contributed by atoms with Gasteiger partial charge in [-0.2, -0.15) is 0 Å². The predicted octanol–water partition coefficient (Wildman–Crippen LogP) is 2.80. The molecule has 0 bridgehead atoms.